The van der Waals surface area contributed by atoms with E-state index < -0.39 is 0 Å². The molecule has 0 amide bonds. The van der Waals surface area contributed by atoms with Gasteiger partial charge in [0.1, 0.15) is 18.0 Å². The summed E-state index contributed by atoms with van der Waals surface area (Å²) in [4.78, 5) is 13.3. The number of anilines is 3. The van der Waals surface area contributed by atoms with Crippen molar-refractivity contribution < 1.29 is 0 Å². The molecule has 0 unspecified atom stereocenters. The van der Waals surface area contributed by atoms with Gasteiger partial charge in [0, 0.05) is 43.0 Å². The van der Waals surface area contributed by atoms with E-state index in [0.29, 0.717) is 0 Å². The molecule has 0 bridgehead atoms. The van der Waals surface area contributed by atoms with Crippen molar-refractivity contribution in [3.8, 4) is 0 Å². The highest BCUT2D eigenvalue weighted by atomic mass is 35.5. The second-order valence-corrected chi connectivity index (χ2v) is 5.62. The third-order valence-electron chi connectivity index (χ3n) is 3.60. The molecule has 1 aromatic heterocycles. The van der Waals surface area contributed by atoms with Crippen LogP contribution in [0.5, 0.6) is 0 Å². The van der Waals surface area contributed by atoms with E-state index in [1.165, 1.54) is 0 Å². The van der Waals surface area contributed by atoms with Gasteiger partial charge in [-0.25, -0.2) is 9.97 Å². The molecule has 0 radical (unpaired) electrons. The Kier molecular flexibility index (Phi) is 4.22. The Hall–Kier alpha value is -1.85. The van der Waals surface area contributed by atoms with E-state index in [-0.39, 0.29) is 0 Å². The Balaban J connectivity index is 1.72. The summed E-state index contributed by atoms with van der Waals surface area (Å²) in [5.74, 6) is 1.76. The molecule has 2 heterocycles. The van der Waals surface area contributed by atoms with E-state index >= 15 is 0 Å². The number of benzene rings is 1. The van der Waals surface area contributed by atoms with Gasteiger partial charge in [-0.15, -0.1) is 0 Å². The molecule has 3 rings (SSSR count). The molecule has 2 aromatic rings. The first kappa shape index (κ1) is 14.1. The molecule has 5 nitrogen and oxygen atoms in total. The van der Waals surface area contributed by atoms with Crippen molar-refractivity contribution in [3.63, 3.8) is 0 Å². The molecule has 1 aliphatic rings. The van der Waals surface area contributed by atoms with Crippen LogP contribution in [0, 0.1) is 0 Å². The maximum absolute atomic E-state index is 5.89. The minimum Gasteiger partial charge on any atom is -0.354 e. The molecular formula is C15H18ClN5. The third-order valence-corrected chi connectivity index (χ3v) is 3.85. The second kappa shape index (κ2) is 6.28. The molecule has 1 fully saturated rings. The van der Waals surface area contributed by atoms with Crippen LogP contribution in [-0.4, -0.2) is 48.1 Å². The quantitative estimate of drug-likeness (QED) is 0.944. The Morgan fingerprint density at radius 1 is 1.05 bits per heavy atom. The summed E-state index contributed by atoms with van der Waals surface area (Å²) in [5.41, 5.74) is 0.961. The van der Waals surface area contributed by atoms with E-state index in [4.69, 9.17) is 11.6 Å². The molecular weight excluding hydrogens is 286 g/mol. The third kappa shape index (κ3) is 3.62. The van der Waals surface area contributed by atoms with Crippen molar-refractivity contribution >= 4 is 28.9 Å². The predicted octanol–water partition coefficient (Wildman–Crippen LogP) is 2.63. The van der Waals surface area contributed by atoms with Gasteiger partial charge >= 0.3 is 0 Å². The standard InChI is InChI=1S/C15H18ClN5/c1-20-6-8-21(9-7-20)15-10-14(17-11-18-15)19-13-4-2-12(16)3-5-13/h2-5,10-11H,6-9H2,1H3,(H,17,18,19). The zero-order chi connectivity index (χ0) is 14.7. The lowest BCUT2D eigenvalue weighted by Gasteiger charge is -2.33. The summed E-state index contributed by atoms with van der Waals surface area (Å²) in [5, 5.41) is 4.00. The number of likely N-dealkylation sites (N-methyl/N-ethyl adjacent to an activating group) is 1. The van der Waals surface area contributed by atoms with Crippen molar-refractivity contribution in [1.82, 2.24) is 14.9 Å². The lowest BCUT2D eigenvalue weighted by atomic mass is 10.3. The smallest absolute Gasteiger partial charge is 0.135 e. The van der Waals surface area contributed by atoms with E-state index in [1.54, 1.807) is 6.33 Å². The van der Waals surface area contributed by atoms with Gasteiger partial charge in [-0.2, -0.15) is 0 Å². The van der Waals surface area contributed by atoms with Crippen molar-refractivity contribution in [2.45, 2.75) is 0 Å². The van der Waals surface area contributed by atoms with Crippen LogP contribution in [0.1, 0.15) is 0 Å². The molecule has 0 spiro atoms. The summed E-state index contributed by atoms with van der Waals surface area (Å²) < 4.78 is 0. The maximum Gasteiger partial charge on any atom is 0.135 e. The van der Waals surface area contributed by atoms with Crippen LogP contribution in [0.4, 0.5) is 17.3 Å². The lowest BCUT2D eigenvalue weighted by Crippen LogP contribution is -2.44. The van der Waals surface area contributed by atoms with Crippen molar-refractivity contribution in [1.29, 1.82) is 0 Å². The highest BCUT2D eigenvalue weighted by molar-refractivity contribution is 6.30. The molecule has 21 heavy (non-hydrogen) atoms. The first-order valence-electron chi connectivity index (χ1n) is 6.99. The number of rotatable bonds is 3. The molecule has 1 aromatic carbocycles. The van der Waals surface area contributed by atoms with Gasteiger partial charge in [-0.05, 0) is 31.3 Å². The van der Waals surface area contributed by atoms with E-state index in [1.807, 2.05) is 30.3 Å². The molecule has 6 heteroatoms. The van der Waals surface area contributed by atoms with Crippen LogP contribution in [0.15, 0.2) is 36.7 Å². The average molecular weight is 304 g/mol. The molecule has 1 N–H and O–H groups in total. The van der Waals surface area contributed by atoms with Gasteiger partial charge < -0.3 is 15.1 Å². The fraction of sp³-hybridized carbons (Fsp3) is 0.333. The maximum atomic E-state index is 5.89. The number of hydrogen-bond acceptors (Lipinski definition) is 5. The number of piperazine rings is 1. The average Bonchev–Trinajstić information content (AvgIpc) is 2.51. The Morgan fingerprint density at radius 3 is 2.48 bits per heavy atom. The second-order valence-electron chi connectivity index (χ2n) is 5.18. The summed E-state index contributed by atoms with van der Waals surface area (Å²) >= 11 is 5.89. The van der Waals surface area contributed by atoms with Crippen LogP contribution in [-0.2, 0) is 0 Å². The Morgan fingerprint density at radius 2 is 1.76 bits per heavy atom. The first-order chi connectivity index (χ1) is 10.2. The monoisotopic (exact) mass is 303 g/mol. The van der Waals surface area contributed by atoms with Gasteiger partial charge in [-0.3, -0.25) is 0 Å². The zero-order valence-electron chi connectivity index (χ0n) is 12.0. The number of halogens is 1. The van der Waals surface area contributed by atoms with Gasteiger partial charge in [0.15, 0.2) is 0 Å². The zero-order valence-corrected chi connectivity index (χ0v) is 12.7. The predicted molar refractivity (Wildman–Crippen MR) is 86.5 cm³/mol. The topological polar surface area (TPSA) is 44.3 Å². The molecule has 0 atom stereocenters. The molecule has 110 valence electrons. The van der Waals surface area contributed by atoms with Crippen LogP contribution in [0.2, 0.25) is 5.02 Å². The highest BCUT2D eigenvalue weighted by Gasteiger charge is 2.15. The van der Waals surface area contributed by atoms with Crippen molar-refractivity contribution in [2.75, 3.05) is 43.4 Å². The number of hydrogen-bond donors (Lipinski definition) is 1. The molecule has 1 aliphatic heterocycles. The largest absolute Gasteiger partial charge is 0.354 e. The van der Waals surface area contributed by atoms with E-state index in [2.05, 4.69) is 32.1 Å². The summed E-state index contributed by atoms with van der Waals surface area (Å²) in [6.45, 7) is 4.11. The van der Waals surface area contributed by atoms with E-state index in [0.717, 1.165) is 48.5 Å². The number of nitrogens with one attached hydrogen (secondary N) is 1. The summed E-state index contributed by atoms with van der Waals surface area (Å²) in [6, 6.07) is 9.55. The first-order valence-corrected chi connectivity index (χ1v) is 7.37. The minimum absolute atomic E-state index is 0.723. The molecule has 0 saturated carbocycles. The number of aromatic nitrogens is 2. The Bertz CT molecular complexity index is 593. The Labute approximate surface area is 129 Å². The van der Waals surface area contributed by atoms with Crippen LogP contribution in [0.3, 0.4) is 0 Å². The number of nitrogens with zero attached hydrogens (tertiary/aromatic N) is 4. The van der Waals surface area contributed by atoms with E-state index in [9.17, 15) is 0 Å². The van der Waals surface area contributed by atoms with Crippen LogP contribution >= 0.6 is 11.6 Å². The highest BCUT2D eigenvalue weighted by Crippen LogP contribution is 2.20. The van der Waals surface area contributed by atoms with Crippen molar-refractivity contribution in [3.05, 3.63) is 41.7 Å². The van der Waals surface area contributed by atoms with Gasteiger partial charge in [0.05, 0.1) is 0 Å². The normalized spacial score (nSPS) is 16.0. The van der Waals surface area contributed by atoms with Crippen molar-refractivity contribution in [2.24, 2.45) is 0 Å². The van der Waals surface area contributed by atoms with Crippen LogP contribution in [0.25, 0.3) is 0 Å². The lowest BCUT2D eigenvalue weighted by molar-refractivity contribution is 0.312. The summed E-state index contributed by atoms with van der Waals surface area (Å²) in [7, 11) is 2.14. The minimum atomic E-state index is 0.723. The molecule has 0 aliphatic carbocycles. The fourth-order valence-corrected chi connectivity index (χ4v) is 2.43. The molecule has 1 saturated heterocycles. The van der Waals surface area contributed by atoms with Gasteiger partial charge in [0.2, 0.25) is 0 Å². The fourth-order valence-electron chi connectivity index (χ4n) is 2.30. The summed E-state index contributed by atoms with van der Waals surface area (Å²) in [6.07, 6.45) is 1.60. The van der Waals surface area contributed by atoms with Gasteiger partial charge in [-0.1, -0.05) is 11.6 Å². The van der Waals surface area contributed by atoms with Crippen LogP contribution < -0.4 is 10.2 Å². The SMILES string of the molecule is CN1CCN(c2cc(Nc3ccc(Cl)cc3)ncn2)CC1. The van der Waals surface area contributed by atoms with Gasteiger partial charge in [0.25, 0.3) is 0 Å².